The molecule has 0 saturated heterocycles. The molecule has 0 aromatic carbocycles. The molecule has 2 rings (SSSR count). The summed E-state index contributed by atoms with van der Waals surface area (Å²) in [4.78, 5) is 17.3. The summed E-state index contributed by atoms with van der Waals surface area (Å²) < 4.78 is 4.63. The smallest absolute Gasteiger partial charge is 0.305 e. The van der Waals surface area contributed by atoms with Crippen LogP contribution in [0.4, 0.5) is 11.6 Å². The number of nitro groups is 1. The minimum atomic E-state index is -0.554. The molecule has 0 aliphatic heterocycles. The van der Waals surface area contributed by atoms with Crippen molar-refractivity contribution in [1.82, 2.24) is 15.1 Å². The maximum atomic E-state index is 10.3. The van der Waals surface area contributed by atoms with Gasteiger partial charge in [-0.1, -0.05) is 5.16 Å². The minimum Gasteiger partial charge on any atom is -0.364 e. The van der Waals surface area contributed by atoms with Crippen LogP contribution in [0, 0.1) is 10.1 Å². The van der Waals surface area contributed by atoms with Gasteiger partial charge in [-0.05, 0) is 0 Å². The van der Waals surface area contributed by atoms with Crippen molar-refractivity contribution in [3.63, 3.8) is 0 Å². The zero-order chi connectivity index (χ0) is 11.4. The first-order valence-corrected chi connectivity index (χ1v) is 4.35. The fourth-order valence-electron chi connectivity index (χ4n) is 1.01. The summed E-state index contributed by atoms with van der Waals surface area (Å²) in [5.41, 5.74) is 0.550. The predicted octanol–water partition coefficient (Wildman–Crippen LogP) is 0.985. The van der Waals surface area contributed by atoms with Crippen LogP contribution in [0.1, 0.15) is 5.69 Å². The van der Waals surface area contributed by atoms with Crippen molar-refractivity contribution in [2.75, 3.05) is 5.32 Å². The maximum absolute atomic E-state index is 10.3. The summed E-state index contributed by atoms with van der Waals surface area (Å²) in [7, 11) is 0. The van der Waals surface area contributed by atoms with Crippen molar-refractivity contribution >= 4 is 11.6 Å². The summed E-state index contributed by atoms with van der Waals surface area (Å²) in [6, 6.07) is 1.69. The predicted molar refractivity (Wildman–Crippen MR) is 52.5 cm³/mol. The van der Waals surface area contributed by atoms with Gasteiger partial charge in [0, 0.05) is 6.07 Å². The molecule has 0 atom stereocenters. The Morgan fingerprint density at radius 1 is 1.44 bits per heavy atom. The van der Waals surface area contributed by atoms with E-state index in [2.05, 4.69) is 25.0 Å². The molecule has 82 valence electrons. The number of hydrogen-bond donors (Lipinski definition) is 1. The van der Waals surface area contributed by atoms with Gasteiger partial charge < -0.3 is 9.84 Å². The largest absolute Gasteiger partial charge is 0.364 e. The van der Waals surface area contributed by atoms with Gasteiger partial charge >= 0.3 is 5.69 Å². The zero-order valence-corrected chi connectivity index (χ0v) is 8.03. The van der Waals surface area contributed by atoms with Crippen LogP contribution in [0.5, 0.6) is 0 Å². The lowest BCUT2D eigenvalue weighted by Gasteiger charge is -2.00. The summed E-state index contributed by atoms with van der Waals surface area (Å²) in [6.45, 7) is 0.397. The highest BCUT2D eigenvalue weighted by Gasteiger charge is 2.06. The summed E-state index contributed by atoms with van der Waals surface area (Å²) >= 11 is 0. The summed E-state index contributed by atoms with van der Waals surface area (Å²) in [5, 5.41) is 16.9. The van der Waals surface area contributed by atoms with Gasteiger partial charge in [0.2, 0.25) is 5.95 Å². The highest BCUT2D eigenvalue weighted by molar-refractivity contribution is 5.30. The van der Waals surface area contributed by atoms with Gasteiger partial charge in [-0.3, -0.25) is 10.1 Å². The molecule has 2 aromatic heterocycles. The average Bonchev–Trinajstić information content (AvgIpc) is 2.80. The lowest BCUT2D eigenvalue weighted by atomic mass is 10.4. The van der Waals surface area contributed by atoms with E-state index in [4.69, 9.17) is 0 Å². The second-order valence-electron chi connectivity index (χ2n) is 2.87. The molecule has 2 aromatic rings. The summed E-state index contributed by atoms with van der Waals surface area (Å²) in [5.74, 6) is 0.300. The molecule has 0 fully saturated rings. The van der Waals surface area contributed by atoms with Crippen molar-refractivity contribution in [3.05, 3.63) is 40.5 Å². The lowest BCUT2D eigenvalue weighted by molar-refractivity contribution is -0.385. The van der Waals surface area contributed by atoms with Crippen LogP contribution in [0.2, 0.25) is 0 Å². The number of aromatic nitrogens is 3. The van der Waals surface area contributed by atoms with Gasteiger partial charge in [0.1, 0.15) is 24.4 Å². The highest BCUT2D eigenvalue weighted by Crippen LogP contribution is 2.08. The Bertz CT molecular complexity index is 467. The third-order valence-corrected chi connectivity index (χ3v) is 1.77. The fraction of sp³-hybridized carbons (Fsp3) is 0.125. The Kier molecular flexibility index (Phi) is 2.72. The molecule has 0 aliphatic rings. The van der Waals surface area contributed by atoms with E-state index >= 15 is 0 Å². The van der Waals surface area contributed by atoms with E-state index in [9.17, 15) is 10.1 Å². The van der Waals surface area contributed by atoms with Gasteiger partial charge in [-0.25, -0.2) is 9.97 Å². The Labute approximate surface area is 89.5 Å². The van der Waals surface area contributed by atoms with Gasteiger partial charge in [-0.15, -0.1) is 0 Å². The minimum absolute atomic E-state index is 0.146. The monoisotopic (exact) mass is 221 g/mol. The molecule has 8 nitrogen and oxygen atoms in total. The SMILES string of the molecule is O=[N+]([O-])c1cnc(NCc2ccon2)nc1. The van der Waals surface area contributed by atoms with Crippen LogP contribution < -0.4 is 5.32 Å². The standard InChI is InChI=1S/C8H7N5O3/c14-13(15)7-4-10-8(11-5-7)9-3-6-1-2-16-12-6/h1-2,4-5H,3H2,(H,9,10,11). The molecule has 0 amide bonds. The van der Waals surface area contributed by atoms with E-state index in [0.717, 1.165) is 12.4 Å². The van der Waals surface area contributed by atoms with Crippen LogP contribution >= 0.6 is 0 Å². The van der Waals surface area contributed by atoms with E-state index in [1.165, 1.54) is 6.26 Å². The molecule has 0 unspecified atom stereocenters. The normalized spacial score (nSPS) is 10.0. The third kappa shape index (κ3) is 2.29. The second-order valence-corrected chi connectivity index (χ2v) is 2.87. The van der Waals surface area contributed by atoms with Crippen LogP contribution in [0.25, 0.3) is 0 Å². The van der Waals surface area contributed by atoms with E-state index in [1.807, 2.05) is 0 Å². The number of nitrogens with one attached hydrogen (secondary N) is 1. The molecular weight excluding hydrogens is 214 g/mol. The first-order valence-electron chi connectivity index (χ1n) is 4.35. The third-order valence-electron chi connectivity index (χ3n) is 1.77. The zero-order valence-electron chi connectivity index (χ0n) is 8.03. The van der Waals surface area contributed by atoms with Crippen LogP contribution in [-0.4, -0.2) is 20.0 Å². The molecule has 8 heteroatoms. The highest BCUT2D eigenvalue weighted by atomic mass is 16.6. The molecule has 0 radical (unpaired) electrons. The Hall–Kier alpha value is -2.51. The van der Waals surface area contributed by atoms with Gasteiger partial charge in [0.25, 0.3) is 0 Å². The number of hydrogen-bond acceptors (Lipinski definition) is 7. The molecule has 16 heavy (non-hydrogen) atoms. The van der Waals surface area contributed by atoms with Crippen molar-refractivity contribution in [3.8, 4) is 0 Å². The van der Waals surface area contributed by atoms with Crippen LogP contribution in [0.3, 0.4) is 0 Å². The number of nitrogens with zero attached hydrogens (tertiary/aromatic N) is 4. The lowest BCUT2D eigenvalue weighted by Crippen LogP contribution is -2.03. The average molecular weight is 221 g/mol. The fourth-order valence-corrected chi connectivity index (χ4v) is 1.01. The Morgan fingerprint density at radius 2 is 2.19 bits per heavy atom. The molecule has 2 heterocycles. The summed E-state index contributed by atoms with van der Waals surface area (Å²) in [6.07, 6.45) is 3.73. The Morgan fingerprint density at radius 3 is 2.75 bits per heavy atom. The topological polar surface area (TPSA) is 107 Å². The first kappa shape index (κ1) is 10.0. The molecular formula is C8H7N5O3. The maximum Gasteiger partial charge on any atom is 0.305 e. The van der Waals surface area contributed by atoms with Gasteiger partial charge in [0.15, 0.2) is 0 Å². The van der Waals surface area contributed by atoms with Crippen molar-refractivity contribution < 1.29 is 9.45 Å². The van der Waals surface area contributed by atoms with Gasteiger partial charge in [0.05, 0.1) is 11.5 Å². The van der Waals surface area contributed by atoms with E-state index in [-0.39, 0.29) is 5.69 Å². The molecule has 0 saturated carbocycles. The van der Waals surface area contributed by atoms with E-state index < -0.39 is 4.92 Å². The number of rotatable bonds is 4. The quantitative estimate of drug-likeness (QED) is 0.605. The second kappa shape index (κ2) is 4.34. The molecule has 1 N–H and O–H groups in total. The molecule has 0 bridgehead atoms. The molecule has 0 spiro atoms. The number of anilines is 1. The van der Waals surface area contributed by atoms with Crippen molar-refractivity contribution in [2.45, 2.75) is 6.54 Å². The van der Waals surface area contributed by atoms with Gasteiger partial charge in [-0.2, -0.15) is 0 Å². The molecule has 0 aliphatic carbocycles. The van der Waals surface area contributed by atoms with E-state index in [0.29, 0.717) is 18.2 Å². The van der Waals surface area contributed by atoms with Crippen molar-refractivity contribution in [2.24, 2.45) is 0 Å². The van der Waals surface area contributed by atoms with E-state index in [1.54, 1.807) is 6.07 Å². The Balaban J connectivity index is 1.98. The first-order chi connectivity index (χ1) is 7.75. The van der Waals surface area contributed by atoms with Crippen molar-refractivity contribution in [1.29, 1.82) is 0 Å². The van der Waals surface area contributed by atoms with Crippen LogP contribution in [-0.2, 0) is 6.54 Å². The van der Waals surface area contributed by atoms with Crippen LogP contribution in [0.15, 0.2) is 29.2 Å².